The van der Waals surface area contributed by atoms with E-state index in [9.17, 15) is 13.2 Å². The van der Waals surface area contributed by atoms with Gasteiger partial charge in [0.1, 0.15) is 0 Å². The van der Waals surface area contributed by atoms with E-state index in [0.29, 0.717) is 0 Å². The van der Waals surface area contributed by atoms with Gasteiger partial charge in [-0.15, -0.1) is 11.8 Å². The summed E-state index contributed by atoms with van der Waals surface area (Å²) in [6, 6.07) is 4.13. The van der Waals surface area contributed by atoms with Gasteiger partial charge in [0, 0.05) is 16.2 Å². The average molecular weight is 263 g/mol. The molecule has 0 aromatic heterocycles. The number of alkyl halides is 3. The number of rotatable bonds is 2. The Bertz CT molecular complexity index is 394. The quantitative estimate of drug-likeness (QED) is 0.814. The molecule has 0 atom stereocenters. The van der Waals surface area contributed by atoms with Crippen molar-refractivity contribution in [3.8, 4) is 0 Å². The first-order chi connectivity index (χ1) is 7.63. The lowest BCUT2D eigenvalue weighted by Crippen LogP contribution is -2.12. The molecule has 0 aliphatic carbocycles. The molecule has 1 aromatic carbocycles. The molecule has 0 saturated heterocycles. The Kier molecular flexibility index (Phi) is 4.15. The molecule has 0 unspecified atom stereocenters. The highest BCUT2D eigenvalue weighted by molar-refractivity contribution is 8.00. The summed E-state index contributed by atoms with van der Waals surface area (Å²) >= 11 is 1.53. The predicted molar refractivity (Wildman–Crippen MR) is 64.9 cm³/mol. The molecule has 0 saturated carbocycles. The Morgan fingerprint density at radius 3 is 2.18 bits per heavy atom. The van der Waals surface area contributed by atoms with Gasteiger partial charge in [0.15, 0.2) is 0 Å². The molecule has 1 aromatic rings. The monoisotopic (exact) mass is 263 g/mol. The first kappa shape index (κ1) is 14.4. The number of hydrogen-bond acceptors (Lipinski definition) is 2. The van der Waals surface area contributed by atoms with Gasteiger partial charge in [-0.1, -0.05) is 20.8 Å². The van der Waals surface area contributed by atoms with Crippen LogP contribution in [0.5, 0.6) is 0 Å². The van der Waals surface area contributed by atoms with Crippen LogP contribution in [0.25, 0.3) is 0 Å². The highest BCUT2D eigenvalue weighted by Crippen LogP contribution is 2.37. The molecule has 96 valence electrons. The number of benzene rings is 1. The van der Waals surface area contributed by atoms with Crippen LogP contribution >= 0.6 is 11.8 Å². The SMILES string of the molecule is CC(C)(C)Sc1ccc(C(F)(F)F)c(CN)c1. The molecule has 1 rings (SSSR count). The first-order valence-corrected chi connectivity index (χ1v) is 6.04. The second kappa shape index (κ2) is 4.90. The van der Waals surface area contributed by atoms with E-state index >= 15 is 0 Å². The third-order valence-corrected chi connectivity index (χ3v) is 3.13. The van der Waals surface area contributed by atoms with Crippen molar-refractivity contribution in [2.75, 3.05) is 0 Å². The summed E-state index contributed by atoms with van der Waals surface area (Å²) in [5, 5.41) is 0. The summed E-state index contributed by atoms with van der Waals surface area (Å²) in [4.78, 5) is 0.811. The Morgan fingerprint density at radius 1 is 1.18 bits per heavy atom. The minimum atomic E-state index is -4.33. The fourth-order valence-corrected chi connectivity index (χ4v) is 2.48. The van der Waals surface area contributed by atoms with Crippen molar-refractivity contribution in [2.24, 2.45) is 5.73 Å². The van der Waals surface area contributed by atoms with Crippen LogP contribution in [0.1, 0.15) is 31.9 Å². The van der Waals surface area contributed by atoms with E-state index in [0.717, 1.165) is 11.0 Å². The van der Waals surface area contributed by atoms with E-state index in [1.165, 1.54) is 23.9 Å². The van der Waals surface area contributed by atoms with E-state index in [-0.39, 0.29) is 16.9 Å². The van der Waals surface area contributed by atoms with Gasteiger partial charge in [0.05, 0.1) is 5.56 Å². The van der Waals surface area contributed by atoms with Crippen LogP contribution in [-0.4, -0.2) is 4.75 Å². The first-order valence-electron chi connectivity index (χ1n) is 5.23. The lowest BCUT2D eigenvalue weighted by molar-refractivity contribution is -0.138. The molecule has 0 radical (unpaired) electrons. The molecular formula is C12H16F3NS. The van der Waals surface area contributed by atoms with Gasteiger partial charge in [-0.25, -0.2) is 0 Å². The average Bonchev–Trinajstić information content (AvgIpc) is 2.13. The lowest BCUT2D eigenvalue weighted by Gasteiger charge is -2.19. The predicted octanol–water partition coefficient (Wildman–Crippen LogP) is 4.05. The minimum Gasteiger partial charge on any atom is -0.326 e. The fourth-order valence-electron chi connectivity index (χ4n) is 1.43. The number of nitrogens with two attached hydrogens (primary N) is 1. The second-order valence-electron chi connectivity index (χ2n) is 4.74. The number of halogens is 3. The zero-order valence-electron chi connectivity index (χ0n) is 10.1. The van der Waals surface area contributed by atoms with Crippen molar-refractivity contribution < 1.29 is 13.2 Å². The largest absolute Gasteiger partial charge is 0.416 e. The molecule has 5 heteroatoms. The van der Waals surface area contributed by atoms with Gasteiger partial charge < -0.3 is 5.73 Å². The summed E-state index contributed by atoms with van der Waals surface area (Å²) in [7, 11) is 0. The Morgan fingerprint density at radius 2 is 1.76 bits per heavy atom. The Hall–Kier alpha value is -0.680. The topological polar surface area (TPSA) is 26.0 Å². The zero-order chi connectivity index (χ0) is 13.3. The highest BCUT2D eigenvalue weighted by Gasteiger charge is 2.33. The Balaban J connectivity index is 3.09. The highest BCUT2D eigenvalue weighted by atomic mass is 32.2. The molecule has 1 nitrogen and oxygen atoms in total. The van der Waals surface area contributed by atoms with Gasteiger partial charge >= 0.3 is 6.18 Å². The van der Waals surface area contributed by atoms with Gasteiger partial charge in [-0.05, 0) is 23.8 Å². The molecule has 2 N–H and O–H groups in total. The number of thioether (sulfide) groups is 1. The van der Waals surface area contributed by atoms with E-state index < -0.39 is 11.7 Å². The van der Waals surface area contributed by atoms with Crippen molar-refractivity contribution in [3.05, 3.63) is 29.3 Å². The molecule has 17 heavy (non-hydrogen) atoms. The maximum absolute atomic E-state index is 12.6. The summed E-state index contributed by atoms with van der Waals surface area (Å²) in [6.07, 6.45) is -4.33. The van der Waals surface area contributed by atoms with Crippen molar-refractivity contribution in [1.29, 1.82) is 0 Å². The smallest absolute Gasteiger partial charge is 0.326 e. The molecule has 0 spiro atoms. The third kappa shape index (κ3) is 4.24. The molecule has 0 amide bonds. The third-order valence-electron chi connectivity index (χ3n) is 2.03. The van der Waals surface area contributed by atoms with Crippen LogP contribution in [0.4, 0.5) is 13.2 Å². The second-order valence-corrected chi connectivity index (χ2v) is 6.64. The van der Waals surface area contributed by atoms with Gasteiger partial charge in [-0.3, -0.25) is 0 Å². The minimum absolute atomic E-state index is 0.0361. The Labute approximate surface area is 104 Å². The number of hydrogen-bond donors (Lipinski definition) is 1. The van der Waals surface area contributed by atoms with E-state index in [2.05, 4.69) is 0 Å². The molecule has 0 fully saturated rings. The molecular weight excluding hydrogens is 247 g/mol. The normalized spacial score (nSPS) is 12.9. The summed E-state index contributed by atoms with van der Waals surface area (Å²) in [5.41, 5.74) is 4.88. The fraction of sp³-hybridized carbons (Fsp3) is 0.500. The van der Waals surface area contributed by atoms with Crippen LogP contribution in [0.15, 0.2) is 23.1 Å². The van der Waals surface area contributed by atoms with E-state index in [4.69, 9.17) is 5.73 Å². The zero-order valence-corrected chi connectivity index (χ0v) is 10.9. The lowest BCUT2D eigenvalue weighted by atomic mass is 10.1. The van der Waals surface area contributed by atoms with Crippen molar-refractivity contribution >= 4 is 11.8 Å². The van der Waals surface area contributed by atoms with Gasteiger partial charge in [0.2, 0.25) is 0 Å². The summed E-state index contributed by atoms with van der Waals surface area (Å²) < 4.78 is 37.9. The van der Waals surface area contributed by atoms with E-state index in [1.807, 2.05) is 20.8 Å². The molecule has 0 bridgehead atoms. The summed E-state index contributed by atoms with van der Waals surface area (Å²) in [5.74, 6) is 0. The van der Waals surface area contributed by atoms with E-state index in [1.54, 1.807) is 0 Å². The molecule has 0 aliphatic heterocycles. The van der Waals surface area contributed by atoms with Crippen LogP contribution < -0.4 is 5.73 Å². The standard InChI is InChI=1S/C12H16F3NS/c1-11(2,3)17-9-4-5-10(12(13,14)15)8(6-9)7-16/h4-6H,7,16H2,1-3H3. The molecule has 0 heterocycles. The van der Waals surface area contributed by atoms with Gasteiger partial charge in [0.25, 0.3) is 0 Å². The van der Waals surface area contributed by atoms with Crippen LogP contribution in [0, 0.1) is 0 Å². The van der Waals surface area contributed by atoms with Crippen LogP contribution in [0.2, 0.25) is 0 Å². The van der Waals surface area contributed by atoms with Crippen molar-refractivity contribution in [1.82, 2.24) is 0 Å². The maximum Gasteiger partial charge on any atom is 0.416 e. The van der Waals surface area contributed by atoms with Crippen molar-refractivity contribution in [3.63, 3.8) is 0 Å². The van der Waals surface area contributed by atoms with Gasteiger partial charge in [-0.2, -0.15) is 13.2 Å². The molecule has 0 aliphatic rings. The van der Waals surface area contributed by atoms with Crippen molar-refractivity contribution in [2.45, 2.75) is 43.1 Å². The van der Waals surface area contributed by atoms with Crippen LogP contribution in [0.3, 0.4) is 0 Å². The maximum atomic E-state index is 12.6. The summed E-state index contributed by atoms with van der Waals surface area (Å²) in [6.45, 7) is 5.93. The van der Waals surface area contributed by atoms with Crippen LogP contribution in [-0.2, 0) is 12.7 Å².